The quantitative estimate of drug-likeness (QED) is 0.426. The van der Waals surface area contributed by atoms with Crippen molar-refractivity contribution in [3.05, 3.63) is 57.8 Å². The predicted octanol–water partition coefficient (Wildman–Crippen LogP) is 5.39. The molecule has 3 aromatic rings. The fourth-order valence-electron chi connectivity index (χ4n) is 3.57. The Kier molecular flexibility index (Phi) is 6.78. The molecular weight excluding hydrogens is 524 g/mol. The maximum atomic E-state index is 13.7. The lowest BCUT2D eigenvalue weighted by atomic mass is 9.91. The molecule has 3 rings (SSSR count). The number of benzene rings is 2. The lowest BCUT2D eigenvalue weighted by Gasteiger charge is -2.27. The number of carbonyl (C=O) groups is 1. The van der Waals surface area contributed by atoms with Crippen molar-refractivity contribution in [2.45, 2.75) is 24.6 Å². The maximum absolute atomic E-state index is 13.7. The number of amides is 1. The molecule has 178 valence electrons. The van der Waals surface area contributed by atoms with Gasteiger partial charge in [-0.25, -0.2) is 4.98 Å². The first kappa shape index (κ1) is 25.0. The van der Waals surface area contributed by atoms with E-state index in [4.69, 9.17) is 5.73 Å². The predicted molar refractivity (Wildman–Crippen MR) is 109 cm³/mol. The summed E-state index contributed by atoms with van der Waals surface area (Å²) in [7, 11) is 1.44. The van der Waals surface area contributed by atoms with Gasteiger partial charge in [-0.15, -0.1) is 0 Å². The van der Waals surface area contributed by atoms with E-state index in [2.05, 4.69) is 30.4 Å². The number of nitrogens with two attached hydrogens (primary N) is 1. The van der Waals surface area contributed by atoms with E-state index in [9.17, 15) is 31.1 Å². The van der Waals surface area contributed by atoms with Crippen molar-refractivity contribution in [3.8, 4) is 5.69 Å². The summed E-state index contributed by atoms with van der Waals surface area (Å²) < 4.78 is 93.3. The van der Waals surface area contributed by atoms with Crippen LogP contribution in [0.1, 0.15) is 33.7 Å². The highest BCUT2D eigenvalue weighted by Crippen LogP contribution is 2.43. The SMILES string of the molecule is COC(c1cc(-n2cnc3cc(Br)ccc32)cc(C(OC)C(F)(F)F)c1C(N)=O)C(F)(F)F. The molecule has 0 bridgehead atoms. The number of alkyl halides is 6. The summed E-state index contributed by atoms with van der Waals surface area (Å²) in [4.78, 5) is 16.3. The van der Waals surface area contributed by atoms with Gasteiger partial charge >= 0.3 is 12.4 Å². The van der Waals surface area contributed by atoms with Crippen LogP contribution in [0, 0.1) is 0 Å². The second-order valence-electron chi connectivity index (χ2n) is 6.93. The average molecular weight is 540 g/mol. The Hall–Kier alpha value is -2.64. The molecule has 2 atom stereocenters. The van der Waals surface area contributed by atoms with Gasteiger partial charge in [-0.3, -0.25) is 9.36 Å². The van der Waals surface area contributed by atoms with Crippen LogP contribution in [-0.2, 0) is 9.47 Å². The van der Waals surface area contributed by atoms with Crippen LogP contribution in [0.4, 0.5) is 26.3 Å². The lowest BCUT2D eigenvalue weighted by Crippen LogP contribution is -2.31. The second-order valence-corrected chi connectivity index (χ2v) is 7.84. The number of hydrogen-bond donors (Lipinski definition) is 1. The third-order valence-electron chi connectivity index (χ3n) is 4.85. The van der Waals surface area contributed by atoms with Gasteiger partial charge in [-0.1, -0.05) is 15.9 Å². The van der Waals surface area contributed by atoms with E-state index in [1.165, 1.54) is 10.9 Å². The molecule has 13 heteroatoms. The zero-order valence-electron chi connectivity index (χ0n) is 17.0. The van der Waals surface area contributed by atoms with Gasteiger partial charge in [0, 0.05) is 35.5 Å². The number of ether oxygens (including phenoxy) is 2. The fraction of sp³-hybridized carbons (Fsp3) is 0.300. The van der Waals surface area contributed by atoms with Crippen molar-refractivity contribution >= 4 is 32.9 Å². The van der Waals surface area contributed by atoms with E-state index >= 15 is 0 Å². The van der Waals surface area contributed by atoms with E-state index in [-0.39, 0.29) is 5.69 Å². The third kappa shape index (κ3) is 4.84. The van der Waals surface area contributed by atoms with Gasteiger partial charge in [0.25, 0.3) is 0 Å². The molecule has 1 aromatic heterocycles. The van der Waals surface area contributed by atoms with Crippen LogP contribution in [-0.4, -0.2) is 42.0 Å². The van der Waals surface area contributed by atoms with Crippen molar-refractivity contribution in [1.82, 2.24) is 9.55 Å². The summed E-state index contributed by atoms with van der Waals surface area (Å²) in [6.07, 6.45) is -14.3. The van der Waals surface area contributed by atoms with Crippen molar-refractivity contribution in [1.29, 1.82) is 0 Å². The maximum Gasteiger partial charge on any atom is 0.418 e. The van der Waals surface area contributed by atoms with Crippen LogP contribution in [0.5, 0.6) is 0 Å². The molecule has 0 aliphatic rings. The molecule has 0 saturated carbocycles. The Morgan fingerprint density at radius 1 is 1.00 bits per heavy atom. The van der Waals surface area contributed by atoms with Gasteiger partial charge in [-0.05, 0) is 30.3 Å². The molecular formula is C20H16BrF6N3O3. The summed E-state index contributed by atoms with van der Waals surface area (Å²) in [6, 6.07) is 6.62. The highest BCUT2D eigenvalue weighted by atomic mass is 79.9. The molecule has 33 heavy (non-hydrogen) atoms. The number of methoxy groups -OCH3 is 2. The van der Waals surface area contributed by atoms with Crippen LogP contribution in [0.3, 0.4) is 0 Å². The van der Waals surface area contributed by atoms with E-state index in [1.807, 2.05) is 0 Å². The molecule has 0 aliphatic heterocycles. The summed E-state index contributed by atoms with van der Waals surface area (Å²) in [5, 5.41) is 0. The molecule has 1 heterocycles. The monoisotopic (exact) mass is 539 g/mol. The van der Waals surface area contributed by atoms with Crippen molar-refractivity contribution < 1.29 is 40.6 Å². The van der Waals surface area contributed by atoms with Crippen LogP contribution < -0.4 is 5.73 Å². The number of imidazole rings is 1. The number of rotatable bonds is 6. The summed E-state index contributed by atoms with van der Waals surface area (Å²) in [5.41, 5.74) is 3.19. The van der Waals surface area contributed by atoms with Gasteiger partial charge < -0.3 is 15.2 Å². The number of halogens is 7. The van der Waals surface area contributed by atoms with Crippen molar-refractivity contribution in [3.63, 3.8) is 0 Å². The first-order valence-electron chi connectivity index (χ1n) is 9.09. The molecule has 6 nitrogen and oxygen atoms in total. The molecule has 2 N–H and O–H groups in total. The number of nitrogens with zero attached hydrogens (tertiary/aromatic N) is 2. The normalized spacial score (nSPS) is 14.5. The van der Waals surface area contributed by atoms with Crippen LogP contribution in [0.25, 0.3) is 16.7 Å². The van der Waals surface area contributed by atoms with Crippen LogP contribution >= 0.6 is 15.9 Å². The van der Waals surface area contributed by atoms with Crippen LogP contribution in [0.15, 0.2) is 41.1 Å². The minimum Gasteiger partial charge on any atom is -0.367 e. The number of primary amides is 1. The third-order valence-corrected chi connectivity index (χ3v) is 5.34. The van der Waals surface area contributed by atoms with Gasteiger partial charge in [0.1, 0.15) is 6.33 Å². The molecule has 0 saturated heterocycles. The Balaban J connectivity index is 2.43. The number of aromatic nitrogens is 2. The van der Waals surface area contributed by atoms with Crippen molar-refractivity contribution in [2.75, 3.05) is 14.2 Å². The molecule has 2 unspecified atom stereocenters. The number of fused-ring (bicyclic) bond motifs is 1. The Labute approximate surface area is 191 Å². The van der Waals surface area contributed by atoms with E-state index in [0.29, 0.717) is 15.5 Å². The average Bonchev–Trinajstić information content (AvgIpc) is 3.09. The molecule has 1 amide bonds. The lowest BCUT2D eigenvalue weighted by molar-refractivity contribution is -0.217. The first-order valence-corrected chi connectivity index (χ1v) is 9.88. The van der Waals surface area contributed by atoms with E-state index in [0.717, 1.165) is 26.4 Å². The molecule has 0 aliphatic carbocycles. The zero-order valence-corrected chi connectivity index (χ0v) is 18.5. The van der Waals surface area contributed by atoms with E-state index < -0.39 is 47.2 Å². The zero-order chi connectivity index (χ0) is 24.7. The van der Waals surface area contributed by atoms with Gasteiger partial charge in [0.2, 0.25) is 5.91 Å². The molecule has 0 spiro atoms. The minimum atomic E-state index is -5.06. The Bertz CT molecular complexity index is 1150. The second kappa shape index (κ2) is 8.95. The summed E-state index contributed by atoms with van der Waals surface area (Å²) in [6.45, 7) is 0. The molecule has 2 aromatic carbocycles. The first-order chi connectivity index (χ1) is 15.3. The van der Waals surface area contributed by atoms with Gasteiger partial charge in [0.15, 0.2) is 12.2 Å². The van der Waals surface area contributed by atoms with Gasteiger partial charge in [0.05, 0.1) is 16.6 Å². The highest BCUT2D eigenvalue weighted by molar-refractivity contribution is 9.10. The topological polar surface area (TPSA) is 79.4 Å². The highest BCUT2D eigenvalue weighted by Gasteiger charge is 2.47. The number of hydrogen-bond acceptors (Lipinski definition) is 4. The number of carbonyl (C=O) groups excluding carboxylic acids is 1. The minimum absolute atomic E-state index is 0.132. The van der Waals surface area contributed by atoms with Crippen molar-refractivity contribution in [2.24, 2.45) is 5.73 Å². The van der Waals surface area contributed by atoms with E-state index in [1.54, 1.807) is 18.2 Å². The standard InChI is InChI=1S/C20H16BrF6N3O3/c1-32-16(19(22,23)24)11-6-10(30-8-29-13-5-9(21)3-4-14(13)30)7-12(15(11)18(28)31)17(33-2)20(25,26)27/h3-8,16-17H,1-2H3,(H2,28,31). The van der Waals surface area contributed by atoms with Gasteiger partial charge in [-0.2, -0.15) is 26.3 Å². The molecule has 0 radical (unpaired) electrons. The Morgan fingerprint density at radius 2 is 1.52 bits per heavy atom. The van der Waals surface area contributed by atoms with Crippen LogP contribution in [0.2, 0.25) is 0 Å². The summed E-state index contributed by atoms with van der Waals surface area (Å²) in [5.74, 6) is -1.50. The molecule has 0 fully saturated rings. The fourth-order valence-corrected chi connectivity index (χ4v) is 3.92. The largest absolute Gasteiger partial charge is 0.418 e. The summed E-state index contributed by atoms with van der Waals surface area (Å²) >= 11 is 3.26. The smallest absolute Gasteiger partial charge is 0.367 e. The Morgan fingerprint density at radius 3 is 1.94 bits per heavy atom.